The van der Waals surface area contributed by atoms with Crippen LogP contribution in [-0.2, 0) is 13.0 Å². The third kappa shape index (κ3) is 3.36. The largest absolute Gasteiger partial charge is 0.481 e. The highest BCUT2D eigenvalue weighted by Crippen LogP contribution is 2.33. The maximum absolute atomic E-state index is 5.37. The number of hydrogen-bond donors (Lipinski definition) is 1. The molecule has 0 spiro atoms. The summed E-state index contributed by atoms with van der Waals surface area (Å²) in [4.78, 5) is 14.3. The van der Waals surface area contributed by atoms with Gasteiger partial charge < -0.3 is 19.1 Å². The Bertz CT molecular complexity index is 1110. The summed E-state index contributed by atoms with van der Waals surface area (Å²) < 4.78 is 10.6. The van der Waals surface area contributed by atoms with Gasteiger partial charge in [0, 0.05) is 40.0 Å². The number of aromatic nitrogens is 4. The minimum Gasteiger partial charge on any atom is -0.481 e. The summed E-state index contributed by atoms with van der Waals surface area (Å²) in [7, 11) is 5.57. The van der Waals surface area contributed by atoms with Crippen molar-refractivity contribution in [3.05, 3.63) is 48.0 Å². The van der Waals surface area contributed by atoms with Crippen LogP contribution < -0.4 is 4.74 Å². The van der Waals surface area contributed by atoms with E-state index in [2.05, 4.69) is 39.2 Å². The first-order valence-electron chi connectivity index (χ1n) is 9.21. The number of aromatic amines is 1. The van der Waals surface area contributed by atoms with Crippen LogP contribution in [0.1, 0.15) is 18.4 Å². The molecule has 144 valence electrons. The molecule has 3 aromatic heterocycles. The van der Waals surface area contributed by atoms with Gasteiger partial charge in [-0.15, -0.1) is 0 Å². The van der Waals surface area contributed by atoms with Crippen molar-refractivity contribution in [1.82, 2.24) is 25.0 Å². The Hall–Kier alpha value is -3.19. The second kappa shape index (κ2) is 7.44. The SMILES string of the molecule is CCc1c(-c2ccnc(OC)c2)[nH]c2ccc(-c3noc(CN(C)C)n3)cc12. The molecule has 7 heteroatoms. The number of hydrogen-bond acceptors (Lipinski definition) is 6. The molecular weight excluding hydrogens is 354 g/mol. The first-order valence-corrected chi connectivity index (χ1v) is 9.21. The quantitative estimate of drug-likeness (QED) is 0.549. The molecule has 0 saturated heterocycles. The predicted octanol–water partition coefficient (Wildman–Crippen LogP) is 3.91. The van der Waals surface area contributed by atoms with E-state index in [0.29, 0.717) is 24.1 Å². The van der Waals surface area contributed by atoms with Crippen LogP contribution in [0.4, 0.5) is 0 Å². The number of pyridine rings is 1. The Morgan fingerprint density at radius 2 is 2.00 bits per heavy atom. The lowest BCUT2D eigenvalue weighted by Crippen LogP contribution is -2.10. The van der Waals surface area contributed by atoms with Crippen LogP contribution in [0.25, 0.3) is 33.5 Å². The van der Waals surface area contributed by atoms with Gasteiger partial charge in [0.1, 0.15) is 0 Å². The third-order valence-corrected chi connectivity index (χ3v) is 4.67. The fourth-order valence-corrected chi connectivity index (χ4v) is 3.38. The van der Waals surface area contributed by atoms with E-state index in [9.17, 15) is 0 Å². The standard InChI is InChI=1S/C21H23N5O2/c1-5-15-16-10-14(21-24-19(28-25-21)12-26(2)3)6-7-17(16)23-20(15)13-8-9-22-18(11-13)27-4/h6-11,23H,5,12H2,1-4H3. The number of aryl methyl sites for hydroxylation is 1. The van der Waals surface area contributed by atoms with E-state index in [1.165, 1.54) is 5.56 Å². The molecular formula is C21H23N5O2. The fraction of sp³-hybridized carbons (Fsp3) is 0.286. The van der Waals surface area contributed by atoms with Crippen LogP contribution >= 0.6 is 0 Å². The first kappa shape index (κ1) is 18.2. The molecule has 0 atom stereocenters. The van der Waals surface area contributed by atoms with Gasteiger partial charge in [-0.25, -0.2) is 4.98 Å². The number of fused-ring (bicyclic) bond motifs is 1. The molecule has 1 aromatic carbocycles. The molecule has 3 heterocycles. The van der Waals surface area contributed by atoms with Crippen LogP contribution in [0.15, 0.2) is 41.1 Å². The van der Waals surface area contributed by atoms with E-state index in [1.807, 2.05) is 37.2 Å². The molecule has 0 fully saturated rings. The normalized spacial score (nSPS) is 11.5. The Kier molecular flexibility index (Phi) is 4.83. The number of H-pyrrole nitrogens is 1. The summed E-state index contributed by atoms with van der Waals surface area (Å²) in [6.07, 6.45) is 2.65. The highest BCUT2D eigenvalue weighted by molar-refractivity contribution is 5.93. The fourth-order valence-electron chi connectivity index (χ4n) is 3.38. The topological polar surface area (TPSA) is 80.1 Å². The second-order valence-electron chi connectivity index (χ2n) is 6.93. The number of ether oxygens (including phenoxy) is 1. The van der Waals surface area contributed by atoms with Gasteiger partial charge in [-0.3, -0.25) is 0 Å². The molecule has 0 aliphatic carbocycles. The summed E-state index contributed by atoms with van der Waals surface area (Å²) in [5.41, 5.74) is 5.38. The lowest BCUT2D eigenvalue weighted by atomic mass is 10.0. The van der Waals surface area contributed by atoms with Gasteiger partial charge in [0.05, 0.1) is 13.7 Å². The average molecular weight is 377 g/mol. The summed E-state index contributed by atoms with van der Waals surface area (Å²) in [6.45, 7) is 2.77. The zero-order valence-corrected chi connectivity index (χ0v) is 16.5. The Morgan fingerprint density at radius 3 is 2.75 bits per heavy atom. The number of nitrogens with one attached hydrogen (secondary N) is 1. The van der Waals surface area contributed by atoms with Crippen LogP contribution in [-0.4, -0.2) is 46.2 Å². The van der Waals surface area contributed by atoms with Gasteiger partial charge in [-0.05, 0) is 50.3 Å². The van der Waals surface area contributed by atoms with Gasteiger partial charge in [0.15, 0.2) is 0 Å². The van der Waals surface area contributed by atoms with E-state index < -0.39 is 0 Å². The van der Waals surface area contributed by atoms with Crippen LogP contribution in [0.3, 0.4) is 0 Å². The van der Waals surface area contributed by atoms with Crippen molar-refractivity contribution in [2.75, 3.05) is 21.2 Å². The molecule has 7 nitrogen and oxygen atoms in total. The maximum atomic E-state index is 5.37. The van der Waals surface area contributed by atoms with Crippen molar-refractivity contribution in [1.29, 1.82) is 0 Å². The van der Waals surface area contributed by atoms with Gasteiger partial charge >= 0.3 is 0 Å². The minimum atomic E-state index is 0.596. The van der Waals surface area contributed by atoms with E-state index in [1.54, 1.807) is 13.3 Å². The van der Waals surface area contributed by atoms with Gasteiger partial charge in [-0.2, -0.15) is 4.98 Å². The van der Waals surface area contributed by atoms with Gasteiger partial charge in [-0.1, -0.05) is 12.1 Å². The van der Waals surface area contributed by atoms with Crippen molar-refractivity contribution in [3.8, 4) is 28.5 Å². The van der Waals surface area contributed by atoms with Crippen molar-refractivity contribution in [2.45, 2.75) is 19.9 Å². The Balaban J connectivity index is 1.78. The van der Waals surface area contributed by atoms with Crippen molar-refractivity contribution >= 4 is 10.9 Å². The van der Waals surface area contributed by atoms with Crippen LogP contribution in [0, 0.1) is 0 Å². The van der Waals surface area contributed by atoms with Crippen molar-refractivity contribution in [3.63, 3.8) is 0 Å². The zero-order valence-electron chi connectivity index (χ0n) is 16.5. The predicted molar refractivity (Wildman–Crippen MR) is 108 cm³/mol. The van der Waals surface area contributed by atoms with Crippen LogP contribution in [0.5, 0.6) is 5.88 Å². The summed E-state index contributed by atoms with van der Waals surface area (Å²) in [5.74, 6) is 1.81. The molecule has 0 radical (unpaired) electrons. The Labute approximate surface area is 163 Å². The number of methoxy groups -OCH3 is 1. The van der Waals surface area contributed by atoms with E-state index in [4.69, 9.17) is 9.26 Å². The Morgan fingerprint density at radius 1 is 1.14 bits per heavy atom. The number of benzene rings is 1. The number of nitrogens with zero attached hydrogens (tertiary/aromatic N) is 4. The van der Waals surface area contributed by atoms with E-state index in [-0.39, 0.29) is 0 Å². The molecule has 0 aliphatic rings. The lowest BCUT2D eigenvalue weighted by molar-refractivity contribution is 0.303. The molecule has 28 heavy (non-hydrogen) atoms. The van der Waals surface area contributed by atoms with Crippen molar-refractivity contribution < 1.29 is 9.26 Å². The zero-order chi connectivity index (χ0) is 19.7. The van der Waals surface area contributed by atoms with E-state index in [0.717, 1.165) is 34.1 Å². The molecule has 0 bridgehead atoms. The molecule has 4 rings (SSSR count). The van der Waals surface area contributed by atoms with E-state index >= 15 is 0 Å². The lowest BCUT2D eigenvalue weighted by Gasteiger charge is -2.04. The summed E-state index contributed by atoms with van der Waals surface area (Å²) >= 11 is 0. The summed E-state index contributed by atoms with van der Waals surface area (Å²) in [5, 5.41) is 5.30. The van der Waals surface area contributed by atoms with Crippen molar-refractivity contribution in [2.24, 2.45) is 0 Å². The number of rotatable bonds is 6. The smallest absolute Gasteiger partial charge is 0.241 e. The molecule has 0 aliphatic heterocycles. The highest BCUT2D eigenvalue weighted by atomic mass is 16.5. The highest BCUT2D eigenvalue weighted by Gasteiger charge is 2.15. The minimum absolute atomic E-state index is 0.596. The third-order valence-electron chi connectivity index (χ3n) is 4.67. The molecule has 1 N–H and O–H groups in total. The summed E-state index contributed by atoms with van der Waals surface area (Å²) in [6, 6.07) is 10.1. The first-order chi connectivity index (χ1) is 13.6. The van der Waals surface area contributed by atoms with Gasteiger partial charge in [0.25, 0.3) is 0 Å². The molecule has 0 unspecified atom stereocenters. The monoisotopic (exact) mass is 377 g/mol. The second-order valence-corrected chi connectivity index (χ2v) is 6.93. The maximum Gasteiger partial charge on any atom is 0.241 e. The molecule has 4 aromatic rings. The average Bonchev–Trinajstić information content (AvgIpc) is 3.31. The molecule has 0 amide bonds. The van der Waals surface area contributed by atoms with Gasteiger partial charge in [0.2, 0.25) is 17.6 Å². The van der Waals surface area contributed by atoms with Crippen LogP contribution in [0.2, 0.25) is 0 Å². The molecule has 0 saturated carbocycles.